The Balaban J connectivity index is 1.92. The maximum absolute atomic E-state index is 10.8. The number of aryl methyl sites for hydroxylation is 1. The number of aromatic nitrogens is 2. The fourth-order valence-electron chi connectivity index (χ4n) is 1.96. The van der Waals surface area contributed by atoms with E-state index in [1.807, 2.05) is 28.9 Å². The fraction of sp³-hybridized carbons (Fsp3) is 0.667. The number of nitrogens with zero attached hydrogens (tertiary/aromatic N) is 3. The van der Waals surface area contributed by atoms with Crippen molar-refractivity contribution in [2.75, 3.05) is 13.1 Å². The number of rotatable bonds is 7. The van der Waals surface area contributed by atoms with Crippen LogP contribution in [0.3, 0.4) is 0 Å². The van der Waals surface area contributed by atoms with Crippen molar-refractivity contribution < 1.29 is 9.90 Å². The standard InChI is InChI=1S/C12H19N3O2/c1-2-15-8-11(5-13-15)7-14(9-12(16)17)6-10-3-4-10/h5,8,10H,2-4,6-7,9H2,1H3,(H,16,17). The van der Waals surface area contributed by atoms with Gasteiger partial charge < -0.3 is 5.11 Å². The molecule has 5 heteroatoms. The van der Waals surface area contributed by atoms with E-state index in [2.05, 4.69) is 5.10 Å². The third-order valence-electron chi connectivity index (χ3n) is 2.99. The Morgan fingerprint density at radius 3 is 2.94 bits per heavy atom. The highest BCUT2D eigenvalue weighted by Gasteiger charge is 2.25. The van der Waals surface area contributed by atoms with Crippen molar-refractivity contribution in [3.05, 3.63) is 18.0 Å². The van der Waals surface area contributed by atoms with Crippen LogP contribution < -0.4 is 0 Å². The van der Waals surface area contributed by atoms with Crippen LogP contribution >= 0.6 is 0 Å². The molecular weight excluding hydrogens is 218 g/mol. The minimum absolute atomic E-state index is 0.119. The highest BCUT2D eigenvalue weighted by Crippen LogP contribution is 2.30. The van der Waals surface area contributed by atoms with Gasteiger partial charge in [-0.05, 0) is 25.7 Å². The molecule has 1 aromatic rings. The van der Waals surface area contributed by atoms with Crippen LogP contribution in [0.4, 0.5) is 0 Å². The topological polar surface area (TPSA) is 58.4 Å². The summed E-state index contributed by atoms with van der Waals surface area (Å²) in [6, 6.07) is 0. The van der Waals surface area contributed by atoms with Crippen LogP contribution in [0.1, 0.15) is 25.3 Å². The van der Waals surface area contributed by atoms with Crippen molar-refractivity contribution in [1.29, 1.82) is 0 Å². The maximum atomic E-state index is 10.8. The molecule has 1 fully saturated rings. The van der Waals surface area contributed by atoms with Gasteiger partial charge in [0, 0.05) is 31.4 Å². The Kier molecular flexibility index (Phi) is 3.78. The predicted octanol–water partition coefficient (Wildman–Crippen LogP) is 1.20. The molecule has 0 atom stereocenters. The molecule has 1 heterocycles. The summed E-state index contributed by atoms with van der Waals surface area (Å²) < 4.78 is 1.87. The van der Waals surface area contributed by atoms with Crippen LogP contribution in [0.25, 0.3) is 0 Å². The largest absolute Gasteiger partial charge is 0.480 e. The lowest BCUT2D eigenvalue weighted by Crippen LogP contribution is -2.31. The van der Waals surface area contributed by atoms with Crippen molar-refractivity contribution in [1.82, 2.24) is 14.7 Å². The zero-order valence-electron chi connectivity index (χ0n) is 10.2. The summed E-state index contributed by atoms with van der Waals surface area (Å²) in [5, 5.41) is 13.1. The first-order chi connectivity index (χ1) is 8.17. The second-order valence-corrected chi connectivity index (χ2v) is 4.71. The van der Waals surface area contributed by atoms with Gasteiger partial charge in [-0.1, -0.05) is 0 Å². The van der Waals surface area contributed by atoms with Crippen LogP contribution in [-0.4, -0.2) is 38.8 Å². The van der Waals surface area contributed by atoms with Crippen molar-refractivity contribution in [2.24, 2.45) is 5.92 Å². The van der Waals surface area contributed by atoms with Gasteiger partial charge in [-0.25, -0.2) is 0 Å². The van der Waals surface area contributed by atoms with Crippen LogP contribution in [-0.2, 0) is 17.9 Å². The summed E-state index contributed by atoms with van der Waals surface area (Å²) in [6.45, 7) is 4.58. The third kappa shape index (κ3) is 3.85. The van der Waals surface area contributed by atoms with E-state index in [1.54, 1.807) is 0 Å². The summed E-state index contributed by atoms with van der Waals surface area (Å²) in [5.41, 5.74) is 1.09. The minimum Gasteiger partial charge on any atom is -0.480 e. The highest BCUT2D eigenvalue weighted by molar-refractivity contribution is 5.69. The molecular formula is C12H19N3O2. The molecule has 0 spiro atoms. The van der Waals surface area contributed by atoms with Gasteiger partial charge in [0.1, 0.15) is 0 Å². The quantitative estimate of drug-likeness (QED) is 0.774. The van der Waals surface area contributed by atoms with Crippen LogP contribution in [0, 0.1) is 5.92 Å². The molecule has 1 aliphatic rings. The molecule has 1 aromatic heterocycles. The predicted molar refractivity (Wildman–Crippen MR) is 63.5 cm³/mol. The van der Waals surface area contributed by atoms with E-state index in [4.69, 9.17) is 5.11 Å². The molecule has 0 bridgehead atoms. The van der Waals surface area contributed by atoms with Gasteiger partial charge in [0.25, 0.3) is 0 Å². The van der Waals surface area contributed by atoms with Crippen molar-refractivity contribution >= 4 is 5.97 Å². The molecule has 0 aromatic carbocycles. The van der Waals surface area contributed by atoms with Gasteiger partial charge >= 0.3 is 5.97 Å². The summed E-state index contributed by atoms with van der Waals surface area (Å²) >= 11 is 0. The van der Waals surface area contributed by atoms with Gasteiger partial charge in [-0.3, -0.25) is 14.4 Å². The van der Waals surface area contributed by atoms with Gasteiger partial charge in [-0.15, -0.1) is 0 Å². The van der Waals surface area contributed by atoms with Crippen LogP contribution in [0.2, 0.25) is 0 Å². The molecule has 0 saturated heterocycles. The van der Waals surface area contributed by atoms with E-state index in [0.29, 0.717) is 12.5 Å². The fourth-order valence-corrected chi connectivity index (χ4v) is 1.96. The molecule has 1 aliphatic carbocycles. The number of carboxylic acid groups (broad SMARTS) is 1. The summed E-state index contributed by atoms with van der Waals surface area (Å²) in [7, 11) is 0. The number of aliphatic carboxylic acids is 1. The summed E-state index contributed by atoms with van der Waals surface area (Å²) in [6.07, 6.45) is 6.29. The molecule has 0 unspecified atom stereocenters. The number of hydrogen-bond acceptors (Lipinski definition) is 3. The summed E-state index contributed by atoms with van der Waals surface area (Å²) in [4.78, 5) is 12.8. The smallest absolute Gasteiger partial charge is 0.317 e. The second-order valence-electron chi connectivity index (χ2n) is 4.71. The average Bonchev–Trinajstić information content (AvgIpc) is 2.95. The monoisotopic (exact) mass is 237 g/mol. The lowest BCUT2D eigenvalue weighted by atomic mass is 10.3. The van der Waals surface area contributed by atoms with E-state index in [1.165, 1.54) is 12.8 Å². The number of hydrogen-bond donors (Lipinski definition) is 1. The maximum Gasteiger partial charge on any atom is 0.317 e. The van der Waals surface area contributed by atoms with Crippen molar-refractivity contribution in [2.45, 2.75) is 32.9 Å². The molecule has 94 valence electrons. The molecule has 5 nitrogen and oxygen atoms in total. The lowest BCUT2D eigenvalue weighted by molar-refractivity contribution is -0.138. The average molecular weight is 237 g/mol. The van der Waals surface area contributed by atoms with Crippen molar-refractivity contribution in [3.8, 4) is 0 Å². The Labute approximate surface area is 101 Å². The van der Waals surface area contributed by atoms with Gasteiger partial charge in [0.05, 0.1) is 12.7 Å². The van der Waals surface area contributed by atoms with E-state index in [0.717, 1.165) is 18.7 Å². The van der Waals surface area contributed by atoms with E-state index < -0.39 is 5.97 Å². The Bertz CT molecular complexity index is 385. The van der Waals surface area contributed by atoms with Crippen LogP contribution in [0.15, 0.2) is 12.4 Å². The lowest BCUT2D eigenvalue weighted by Gasteiger charge is -2.18. The van der Waals surface area contributed by atoms with Crippen LogP contribution in [0.5, 0.6) is 0 Å². The minimum atomic E-state index is -0.756. The first kappa shape index (κ1) is 12.1. The Hall–Kier alpha value is -1.36. The van der Waals surface area contributed by atoms with E-state index in [9.17, 15) is 4.79 Å². The van der Waals surface area contributed by atoms with E-state index in [-0.39, 0.29) is 6.54 Å². The molecule has 2 rings (SSSR count). The SMILES string of the molecule is CCn1cc(CN(CC(=O)O)CC2CC2)cn1. The molecule has 17 heavy (non-hydrogen) atoms. The highest BCUT2D eigenvalue weighted by atomic mass is 16.4. The zero-order chi connectivity index (χ0) is 12.3. The van der Waals surface area contributed by atoms with Gasteiger partial charge in [-0.2, -0.15) is 5.10 Å². The molecule has 0 radical (unpaired) electrons. The Morgan fingerprint density at radius 1 is 1.65 bits per heavy atom. The van der Waals surface area contributed by atoms with E-state index >= 15 is 0 Å². The zero-order valence-corrected chi connectivity index (χ0v) is 10.2. The Morgan fingerprint density at radius 2 is 2.41 bits per heavy atom. The molecule has 1 saturated carbocycles. The first-order valence-electron chi connectivity index (χ1n) is 6.13. The van der Waals surface area contributed by atoms with Gasteiger partial charge in [0.15, 0.2) is 0 Å². The number of carbonyl (C=O) groups is 1. The van der Waals surface area contributed by atoms with Gasteiger partial charge in [0.2, 0.25) is 0 Å². The molecule has 1 N–H and O–H groups in total. The molecule has 0 aliphatic heterocycles. The first-order valence-corrected chi connectivity index (χ1v) is 6.13. The second kappa shape index (κ2) is 5.31. The molecule has 0 amide bonds. The normalized spacial score (nSPS) is 15.4. The number of carboxylic acids is 1. The summed E-state index contributed by atoms with van der Waals surface area (Å²) in [5.74, 6) is -0.0518. The third-order valence-corrected chi connectivity index (χ3v) is 2.99. The van der Waals surface area contributed by atoms with Crippen molar-refractivity contribution in [3.63, 3.8) is 0 Å².